The van der Waals surface area contributed by atoms with Crippen LogP contribution in [-0.4, -0.2) is 53.9 Å². The maximum absolute atomic E-state index is 12.6. The molecule has 2 N–H and O–H groups in total. The van der Waals surface area contributed by atoms with Crippen molar-refractivity contribution in [3.05, 3.63) is 106 Å². The Bertz CT molecular complexity index is 1540. The van der Waals surface area contributed by atoms with E-state index in [-0.39, 0.29) is 11.8 Å². The molecule has 3 aromatic carbocycles. The van der Waals surface area contributed by atoms with Gasteiger partial charge in [0.2, 0.25) is 5.91 Å². The van der Waals surface area contributed by atoms with Crippen molar-refractivity contribution in [3.8, 4) is 0 Å². The fraction of sp³-hybridized carbons (Fsp3) is 0.273. The second-order valence-corrected chi connectivity index (χ2v) is 11.0. The third kappa shape index (κ3) is 4.93. The van der Waals surface area contributed by atoms with E-state index in [2.05, 4.69) is 87.2 Å². The summed E-state index contributed by atoms with van der Waals surface area (Å²) in [5, 5.41) is 11.8. The zero-order chi connectivity index (χ0) is 26.2. The number of nitrogens with zero attached hydrogens (tertiary/aromatic N) is 2. The summed E-state index contributed by atoms with van der Waals surface area (Å²) in [6, 6.07) is 25.2. The van der Waals surface area contributed by atoms with Gasteiger partial charge in [0, 0.05) is 54.9 Å². The highest BCUT2D eigenvalue weighted by atomic mass is 16.5. The van der Waals surface area contributed by atoms with E-state index in [1.54, 1.807) is 0 Å². The van der Waals surface area contributed by atoms with Crippen LogP contribution in [0.2, 0.25) is 0 Å². The average molecular weight is 517 g/mol. The molecule has 0 spiro atoms. The molecule has 3 unspecified atom stereocenters. The molecule has 3 fully saturated rings. The molecule has 3 atom stereocenters. The van der Waals surface area contributed by atoms with Crippen molar-refractivity contribution < 1.29 is 9.53 Å². The van der Waals surface area contributed by atoms with Gasteiger partial charge >= 0.3 is 0 Å². The first kappa shape index (κ1) is 24.1. The minimum Gasteiger partial charge on any atom is -0.381 e. The number of nitrogens with one attached hydrogen (secondary N) is 2. The summed E-state index contributed by atoms with van der Waals surface area (Å²) < 4.78 is 5.61. The van der Waals surface area contributed by atoms with Gasteiger partial charge in [0.05, 0.1) is 24.4 Å². The summed E-state index contributed by atoms with van der Waals surface area (Å²) in [6.45, 7) is 5.80. The second-order valence-electron chi connectivity index (χ2n) is 11.0. The first-order chi connectivity index (χ1) is 19.2. The first-order valence-electron chi connectivity index (χ1n) is 13.8. The number of benzene rings is 3. The van der Waals surface area contributed by atoms with Crippen LogP contribution in [0.25, 0.3) is 29.1 Å². The number of ether oxygens (including phenoxy) is 1. The molecule has 6 heteroatoms. The van der Waals surface area contributed by atoms with Gasteiger partial charge < -0.3 is 10.1 Å². The maximum Gasteiger partial charge on any atom is 0.247 e. The number of amides is 1. The monoisotopic (exact) mass is 516 g/mol. The molecule has 4 heterocycles. The third-order valence-electron chi connectivity index (χ3n) is 8.38. The van der Waals surface area contributed by atoms with Crippen LogP contribution < -0.4 is 5.32 Å². The molecule has 0 aliphatic carbocycles. The Kier molecular flexibility index (Phi) is 6.35. The summed E-state index contributed by atoms with van der Waals surface area (Å²) in [7, 11) is 0. The fourth-order valence-corrected chi connectivity index (χ4v) is 6.25. The Morgan fingerprint density at radius 3 is 2.49 bits per heavy atom. The van der Waals surface area contributed by atoms with Crippen LogP contribution in [-0.2, 0) is 16.1 Å². The number of fused-ring (bicyclic) bond motifs is 2. The number of aromatic nitrogens is 2. The lowest BCUT2D eigenvalue weighted by Crippen LogP contribution is -2.22. The minimum atomic E-state index is 0.000731. The number of likely N-dealkylation sites (tertiary alicyclic amines) is 1. The predicted octanol–water partition coefficient (Wildman–Crippen LogP) is 5.11. The summed E-state index contributed by atoms with van der Waals surface area (Å²) in [4.78, 5) is 15.1. The normalized spacial score (nSPS) is 24.3. The molecule has 3 aliphatic heterocycles. The second kappa shape index (κ2) is 10.3. The minimum absolute atomic E-state index is 0.000731. The Morgan fingerprint density at radius 2 is 1.69 bits per heavy atom. The Balaban J connectivity index is 1.04. The zero-order valence-corrected chi connectivity index (χ0v) is 21.8. The number of hydrogen-bond acceptors (Lipinski definition) is 4. The van der Waals surface area contributed by atoms with E-state index in [1.807, 2.05) is 24.3 Å². The van der Waals surface area contributed by atoms with Crippen molar-refractivity contribution >= 4 is 35.0 Å². The van der Waals surface area contributed by atoms with Gasteiger partial charge in [-0.1, -0.05) is 66.7 Å². The van der Waals surface area contributed by atoms with Crippen molar-refractivity contribution in [2.75, 3.05) is 32.8 Å². The molecule has 0 saturated carbocycles. The summed E-state index contributed by atoms with van der Waals surface area (Å²) in [6.07, 6.45) is 6.17. The highest BCUT2D eigenvalue weighted by Crippen LogP contribution is 2.31. The first-order valence-corrected chi connectivity index (χ1v) is 13.8. The number of carbonyl (C=O) groups is 1. The van der Waals surface area contributed by atoms with Crippen LogP contribution in [0, 0.1) is 11.8 Å². The lowest BCUT2D eigenvalue weighted by atomic mass is 9.92. The largest absolute Gasteiger partial charge is 0.381 e. The number of rotatable bonds is 6. The Hall–Kier alpha value is -4.00. The molecule has 7 rings (SSSR count). The summed E-state index contributed by atoms with van der Waals surface area (Å²) in [5.74, 6) is 1.50. The van der Waals surface area contributed by atoms with Gasteiger partial charge in [-0.05, 0) is 46.5 Å². The van der Waals surface area contributed by atoms with Gasteiger partial charge in [0.15, 0.2) is 0 Å². The fourth-order valence-electron chi connectivity index (χ4n) is 6.25. The molecule has 6 nitrogen and oxygen atoms in total. The van der Waals surface area contributed by atoms with Gasteiger partial charge in [-0.3, -0.25) is 14.8 Å². The van der Waals surface area contributed by atoms with Crippen molar-refractivity contribution in [3.63, 3.8) is 0 Å². The molecule has 1 amide bonds. The molecule has 39 heavy (non-hydrogen) atoms. The van der Waals surface area contributed by atoms with Crippen LogP contribution in [0.3, 0.4) is 0 Å². The standard InChI is InChI=1S/C33H32N4O2/c38-33-29(30(16-34-33)25-4-2-1-3-5-25)14-24-10-12-28-31(35-36-32(28)15-24)13-11-22-6-8-23(9-7-22)17-37-18-26-20-39-21-27(26)19-37/h1-15,26-27,30H,16-21H2,(H,34,38)(H,35,36)/b13-11+,29-14?. The third-order valence-corrected chi connectivity index (χ3v) is 8.38. The van der Waals surface area contributed by atoms with E-state index < -0.39 is 0 Å². The van der Waals surface area contributed by atoms with E-state index in [0.717, 1.165) is 83.5 Å². The van der Waals surface area contributed by atoms with Crippen molar-refractivity contribution in [2.24, 2.45) is 11.8 Å². The van der Waals surface area contributed by atoms with Gasteiger partial charge in [-0.15, -0.1) is 0 Å². The van der Waals surface area contributed by atoms with Gasteiger partial charge in [-0.2, -0.15) is 5.10 Å². The zero-order valence-electron chi connectivity index (χ0n) is 21.8. The van der Waals surface area contributed by atoms with Gasteiger partial charge in [-0.25, -0.2) is 0 Å². The van der Waals surface area contributed by atoms with Crippen LogP contribution in [0.15, 0.2) is 78.4 Å². The smallest absolute Gasteiger partial charge is 0.247 e. The number of H-pyrrole nitrogens is 1. The highest BCUT2D eigenvalue weighted by Gasteiger charge is 2.36. The average Bonchev–Trinajstić information content (AvgIpc) is 3.74. The van der Waals surface area contributed by atoms with Crippen LogP contribution in [0.1, 0.15) is 33.9 Å². The predicted molar refractivity (Wildman–Crippen MR) is 155 cm³/mol. The summed E-state index contributed by atoms with van der Waals surface area (Å²) >= 11 is 0. The molecule has 0 bridgehead atoms. The number of hydrogen-bond donors (Lipinski definition) is 2. The quantitative estimate of drug-likeness (QED) is 0.350. The van der Waals surface area contributed by atoms with Gasteiger partial charge in [0.1, 0.15) is 0 Å². The Labute approximate surface area is 228 Å². The molecule has 1 aromatic heterocycles. The van der Waals surface area contributed by atoms with Crippen molar-refractivity contribution in [1.82, 2.24) is 20.4 Å². The molecule has 3 aliphatic rings. The van der Waals surface area contributed by atoms with Crippen molar-refractivity contribution in [2.45, 2.75) is 12.5 Å². The lowest BCUT2D eigenvalue weighted by Gasteiger charge is -2.16. The maximum atomic E-state index is 12.6. The Morgan fingerprint density at radius 1 is 0.923 bits per heavy atom. The van der Waals surface area contributed by atoms with Gasteiger partial charge in [0.25, 0.3) is 0 Å². The summed E-state index contributed by atoms with van der Waals surface area (Å²) in [5.41, 5.74) is 7.30. The lowest BCUT2D eigenvalue weighted by molar-refractivity contribution is -0.116. The van der Waals surface area contributed by atoms with E-state index in [4.69, 9.17) is 4.74 Å². The van der Waals surface area contributed by atoms with Crippen molar-refractivity contribution in [1.29, 1.82) is 0 Å². The SMILES string of the molecule is O=C1NCC(c2ccccc2)C1=Cc1ccc2c(/C=C/c3ccc(CN4CC5COCC5C4)cc3)n[nH]c2c1. The highest BCUT2D eigenvalue weighted by molar-refractivity contribution is 6.02. The van der Waals surface area contributed by atoms with Crippen LogP contribution in [0.5, 0.6) is 0 Å². The van der Waals surface area contributed by atoms with Crippen LogP contribution >= 0.6 is 0 Å². The van der Waals surface area contributed by atoms with E-state index >= 15 is 0 Å². The number of carbonyl (C=O) groups excluding carboxylic acids is 1. The molecule has 196 valence electrons. The van der Waals surface area contributed by atoms with E-state index in [0.29, 0.717) is 6.54 Å². The molecular formula is C33H32N4O2. The number of aromatic amines is 1. The topological polar surface area (TPSA) is 70.2 Å². The van der Waals surface area contributed by atoms with E-state index in [9.17, 15) is 4.79 Å². The molecule has 3 saturated heterocycles. The molecule has 4 aromatic rings. The van der Waals surface area contributed by atoms with Crippen LogP contribution in [0.4, 0.5) is 0 Å². The molecule has 0 radical (unpaired) electrons. The molecular weight excluding hydrogens is 484 g/mol. The van der Waals surface area contributed by atoms with E-state index in [1.165, 1.54) is 5.56 Å².